The van der Waals surface area contributed by atoms with Crippen molar-refractivity contribution < 1.29 is 14.3 Å². The molecule has 0 aromatic carbocycles. The van der Waals surface area contributed by atoms with Gasteiger partial charge in [-0.3, -0.25) is 4.79 Å². The molecule has 5 nitrogen and oxygen atoms in total. The van der Waals surface area contributed by atoms with E-state index in [-0.39, 0.29) is 5.91 Å². The molecular weight excluding hydrogens is 292 g/mol. The fraction of sp³-hybridized carbons (Fsp3) is 0.889. The quantitative estimate of drug-likeness (QED) is 0.780. The molecule has 23 heavy (non-hydrogen) atoms. The van der Waals surface area contributed by atoms with E-state index in [2.05, 4.69) is 5.32 Å². The second-order valence-electron chi connectivity index (χ2n) is 7.54. The molecule has 0 atom stereocenters. The number of ether oxygens (including phenoxy) is 1. The van der Waals surface area contributed by atoms with E-state index in [1.165, 1.54) is 32.1 Å². The van der Waals surface area contributed by atoms with E-state index in [9.17, 15) is 9.59 Å². The van der Waals surface area contributed by atoms with E-state index >= 15 is 0 Å². The number of carbonyl (C=O) groups is 2. The highest BCUT2D eigenvalue weighted by molar-refractivity contribution is 5.76. The first-order chi connectivity index (χ1) is 10.8. The monoisotopic (exact) mass is 326 g/mol. The van der Waals surface area contributed by atoms with Crippen LogP contribution in [0.4, 0.5) is 4.79 Å². The SMILES string of the molecule is CN(C(=O)CCCNC(=O)OC(C)(C)C)C1CCCCCCC1. The third-order valence-electron chi connectivity index (χ3n) is 4.25. The summed E-state index contributed by atoms with van der Waals surface area (Å²) in [5.41, 5.74) is -0.488. The van der Waals surface area contributed by atoms with Gasteiger partial charge in [0.2, 0.25) is 5.91 Å². The highest BCUT2D eigenvalue weighted by atomic mass is 16.6. The molecule has 1 saturated carbocycles. The van der Waals surface area contributed by atoms with Crippen LogP contribution in [-0.2, 0) is 9.53 Å². The number of amides is 2. The average molecular weight is 326 g/mol. The van der Waals surface area contributed by atoms with Crippen molar-refractivity contribution in [2.45, 2.75) is 90.2 Å². The predicted molar refractivity (Wildman–Crippen MR) is 92.3 cm³/mol. The maximum Gasteiger partial charge on any atom is 0.407 e. The number of nitrogens with zero attached hydrogens (tertiary/aromatic N) is 1. The molecule has 1 fully saturated rings. The summed E-state index contributed by atoms with van der Waals surface area (Å²) in [4.78, 5) is 25.8. The van der Waals surface area contributed by atoms with Crippen LogP contribution in [0.5, 0.6) is 0 Å². The summed E-state index contributed by atoms with van der Waals surface area (Å²) in [7, 11) is 1.93. The van der Waals surface area contributed by atoms with Gasteiger partial charge in [-0.1, -0.05) is 32.1 Å². The van der Waals surface area contributed by atoms with Crippen molar-refractivity contribution in [2.75, 3.05) is 13.6 Å². The molecule has 5 heteroatoms. The topological polar surface area (TPSA) is 58.6 Å². The van der Waals surface area contributed by atoms with Crippen molar-refractivity contribution in [1.29, 1.82) is 0 Å². The Morgan fingerprint density at radius 3 is 2.22 bits per heavy atom. The van der Waals surface area contributed by atoms with Crippen LogP contribution in [0.2, 0.25) is 0 Å². The second-order valence-corrected chi connectivity index (χ2v) is 7.54. The fourth-order valence-corrected chi connectivity index (χ4v) is 2.95. The molecule has 134 valence electrons. The summed E-state index contributed by atoms with van der Waals surface area (Å²) in [6, 6.07) is 0.390. The molecule has 0 heterocycles. The Bertz CT molecular complexity index is 369. The second kappa shape index (κ2) is 9.78. The molecule has 1 aliphatic carbocycles. The maximum atomic E-state index is 12.3. The Balaban J connectivity index is 2.23. The molecule has 0 spiro atoms. The molecule has 1 aliphatic rings. The van der Waals surface area contributed by atoms with E-state index in [1.807, 2.05) is 32.7 Å². The molecule has 0 radical (unpaired) electrons. The number of alkyl carbamates (subject to hydrolysis) is 1. The summed E-state index contributed by atoms with van der Waals surface area (Å²) < 4.78 is 5.17. The predicted octanol–water partition coefficient (Wildman–Crippen LogP) is 3.86. The van der Waals surface area contributed by atoms with Gasteiger partial charge in [-0.2, -0.15) is 0 Å². The number of hydrogen-bond acceptors (Lipinski definition) is 3. The van der Waals surface area contributed by atoms with Gasteiger partial charge in [0.05, 0.1) is 0 Å². The Morgan fingerprint density at radius 2 is 1.65 bits per heavy atom. The smallest absolute Gasteiger partial charge is 0.407 e. The van der Waals surface area contributed by atoms with Crippen LogP contribution < -0.4 is 5.32 Å². The Labute approximate surface area is 141 Å². The van der Waals surface area contributed by atoms with E-state index in [0.717, 1.165) is 12.8 Å². The minimum absolute atomic E-state index is 0.182. The van der Waals surface area contributed by atoms with E-state index in [4.69, 9.17) is 4.74 Å². The maximum absolute atomic E-state index is 12.3. The zero-order valence-electron chi connectivity index (χ0n) is 15.3. The lowest BCUT2D eigenvalue weighted by molar-refractivity contribution is -0.132. The Hall–Kier alpha value is -1.26. The summed E-state index contributed by atoms with van der Waals surface area (Å²) in [5, 5.41) is 2.70. The van der Waals surface area contributed by atoms with Crippen molar-refractivity contribution in [1.82, 2.24) is 10.2 Å². The minimum Gasteiger partial charge on any atom is -0.444 e. The summed E-state index contributed by atoms with van der Waals surface area (Å²) in [5.74, 6) is 0.182. The fourth-order valence-electron chi connectivity index (χ4n) is 2.95. The van der Waals surface area contributed by atoms with Crippen molar-refractivity contribution in [3.8, 4) is 0 Å². The first-order valence-electron chi connectivity index (χ1n) is 9.02. The van der Waals surface area contributed by atoms with Crippen LogP contribution in [0.15, 0.2) is 0 Å². The van der Waals surface area contributed by atoms with Gasteiger partial charge in [0, 0.05) is 26.1 Å². The van der Waals surface area contributed by atoms with Crippen molar-refractivity contribution in [3.63, 3.8) is 0 Å². The van der Waals surface area contributed by atoms with Crippen LogP contribution in [0, 0.1) is 0 Å². The normalized spacial score (nSPS) is 17.0. The Morgan fingerprint density at radius 1 is 1.09 bits per heavy atom. The average Bonchev–Trinajstić information content (AvgIpc) is 2.40. The third-order valence-corrected chi connectivity index (χ3v) is 4.25. The van der Waals surface area contributed by atoms with Gasteiger partial charge in [0.1, 0.15) is 5.60 Å². The van der Waals surface area contributed by atoms with Crippen LogP contribution in [0.3, 0.4) is 0 Å². The minimum atomic E-state index is -0.488. The number of carbonyl (C=O) groups excluding carboxylic acids is 2. The number of nitrogens with one attached hydrogen (secondary N) is 1. The third kappa shape index (κ3) is 8.82. The van der Waals surface area contributed by atoms with Gasteiger partial charge >= 0.3 is 6.09 Å². The number of hydrogen-bond donors (Lipinski definition) is 1. The first-order valence-corrected chi connectivity index (χ1v) is 9.02. The highest BCUT2D eigenvalue weighted by Gasteiger charge is 2.20. The molecule has 0 unspecified atom stereocenters. The lowest BCUT2D eigenvalue weighted by Crippen LogP contribution is -2.38. The van der Waals surface area contributed by atoms with E-state index in [1.54, 1.807) is 0 Å². The zero-order chi connectivity index (χ0) is 17.3. The molecule has 0 aromatic rings. The lowest BCUT2D eigenvalue weighted by Gasteiger charge is -2.30. The van der Waals surface area contributed by atoms with Crippen LogP contribution in [0.1, 0.15) is 78.6 Å². The van der Waals surface area contributed by atoms with E-state index in [0.29, 0.717) is 25.4 Å². The molecule has 1 rings (SSSR count). The zero-order valence-corrected chi connectivity index (χ0v) is 15.3. The first kappa shape index (κ1) is 19.8. The van der Waals surface area contributed by atoms with E-state index < -0.39 is 11.7 Å². The molecule has 0 aliphatic heterocycles. The van der Waals surface area contributed by atoms with Gasteiger partial charge < -0.3 is 15.0 Å². The summed E-state index contributed by atoms with van der Waals surface area (Å²) in [6.07, 6.45) is 9.32. The molecule has 2 amide bonds. The van der Waals surface area contributed by atoms with Crippen molar-refractivity contribution in [2.24, 2.45) is 0 Å². The highest BCUT2D eigenvalue weighted by Crippen LogP contribution is 2.21. The van der Waals surface area contributed by atoms with Gasteiger partial charge in [0.15, 0.2) is 0 Å². The number of rotatable bonds is 5. The van der Waals surface area contributed by atoms with Crippen LogP contribution in [0.25, 0.3) is 0 Å². The Kier molecular flexibility index (Phi) is 8.42. The van der Waals surface area contributed by atoms with Crippen molar-refractivity contribution >= 4 is 12.0 Å². The summed E-state index contributed by atoms with van der Waals surface area (Å²) in [6.45, 7) is 5.97. The molecule has 0 saturated heterocycles. The molecule has 1 N–H and O–H groups in total. The largest absolute Gasteiger partial charge is 0.444 e. The van der Waals surface area contributed by atoms with Gasteiger partial charge in [-0.25, -0.2) is 4.79 Å². The van der Waals surface area contributed by atoms with Gasteiger partial charge in [-0.15, -0.1) is 0 Å². The molecule has 0 aromatic heterocycles. The standard InChI is InChI=1S/C18H34N2O3/c1-18(2,3)23-17(22)19-14-10-13-16(21)20(4)15-11-8-6-5-7-9-12-15/h15H,5-14H2,1-4H3,(H,19,22). The van der Waals surface area contributed by atoms with Crippen LogP contribution >= 0.6 is 0 Å². The molecule has 0 bridgehead atoms. The summed E-state index contributed by atoms with van der Waals surface area (Å²) >= 11 is 0. The van der Waals surface area contributed by atoms with Crippen molar-refractivity contribution in [3.05, 3.63) is 0 Å². The lowest BCUT2D eigenvalue weighted by atomic mass is 9.95. The van der Waals surface area contributed by atoms with Crippen LogP contribution in [-0.4, -0.2) is 42.1 Å². The van der Waals surface area contributed by atoms with Gasteiger partial charge in [-0.05, 0) is 40.0 Å². The molecular formula is C18H34N2O3. The van der Waals surface area contributed by atoms with Gasteiger partial charge in [0.25, 0.3) is 0 Å².